The van der Waals surface area contributed by atoms with E-state index in [0.29, 0.717) is 0 Å². The molecule has 0 saturated heterocycles. The van der Waals surface area contributed by atoms with E-state index in [2.05, 4.69) is 0 Å². The molecule has 0 spiro atoms. The smallest absolute Gasteiger partial charge is 0.254 e. The zero-order valence-electron chi connectivity index (χ0n) is 8.17. The summed E-state index contributed by atoms with van der Waals surface area (Å²) < 4.78 is 47.3. The topological polar surface area (TPSA) is 17.1 Å². The Morgan fingerprint density at radius 3 is 2.53 bits per heavy atom. The maximum atomic E-state index is 12.0. The summed E-state index contributed by atoms with van der Waals surface area (Å²) in [5.74, 6) is -1.28. The van der Waals surface area contributed by atoms with Gasteiger partial charge in [-0.2, -0.15) is 13.2 Å². The van der Waals surface area contributed by atoms with Gasteiger partial charge >= 0.3 is 6.18 Å². The lowest BCUT2D eigenvalue weighted by Crippen LogP contribution is -2.18. The molecule has 0 aliphatic heterocycles. The molecule has 1 atom stereocenters. The minimum Gasteiger partial charge on any atom is -0.254 e. The lowest BCUT2D eigenvalue weighted by molar-refractivity contribution is -0.105. The van der Waals surface area contributed by atoms with Crippen molar-refractivity contribution in [3.05, 3.63) is 29.8 Å². The van der Waals surface area contributed by atoms with Crippen LogP contribution >= 0.6 is 0 Å². The third-order valence-electron chi connectivity index (χ3n) is 1.86. The van der Waals surface area contributed by atoms with E-state index in [-0.39, 0.29) is 4.90 Å². The molecule has 0 aliphatic rings. The van der Waals surface area contributed by atoms with Crippen molar-refractivity contribution in [2.75, 3.05) is 5.75 Å². The summed E-state index contributed by atoms with van der Waals surface area (Å²) in [5.41, 5.74) is 0.892. The highest BCUT2D eigenvalue weighted by Crippen LogP contribution is 2.20. The van der Waals surface area contributed by atoms with Crippen LogP contribution in [0.25, 0.3) is 0 Å². The number of rotatable bonds is 3. The standard InChI is InChI=1S/C10H11F3OS/c1-2-8-4-3-5-9(6-8)15(14)7-10(11,12)13/h3-6H,2,7H2,1H3. The second kappa shape index (κ2) is 4.79. The van der Waals surface area contributed by atoms with Gasteiger partial charge < -0.3 is 0 Å². The van der Waals surface area contributed by atoms with Crippen molar-refractivity contribution in [3.8, 4) is 0 Å². The van der Waals surface area contributed by atoms with Crippen LogP contribution in [0, 0.1) is 0 Å². The van der Waals surface area contributed by atoms with E-state index in [1.807, 2.05) is 6.92 Å². The number of aryl methyl sites for hydroxylation is 1. The molecule has 0 saturated carbocycles. The average molecular weight is 236 g/mol. The Labute approximate surface area is 88.8 Å². The van der Waals surface area contributed by atoms with E-state index < -0.39 is 22.7 Å². The molecule has 84 valence electrons. The molecule has 5 heteroatoms. The predicted molar refractivity (Wildman–Crippen MR) is 53.2 cm³/mol. The third-order valence-corrected chi connectivity index (χ3v) is 3.23. The van der Waals surface area contributed by atoms with Gasteiger partial charge in [0.2, 0.25) is 0 Å². The molecule has 0 heterocycles. The Balaban J connectivity index is 2.82. The largest absolute Gasteiger partial charge is 0.400 e. The van der Waals surface area contributed by atoms with Gasteiger partial charge in [0.05, 0.1) is 10.8 Å². The molecule has 1 rings (SSSR count). The maximum Gasteiger partial charge on any atom is 0.400 e. The van der Waals surface area contributed by atoms with E-state index in [9.17, 15) is 17.4 Å². The van der Waals surface area contributed by atoms with Gasteiger partial charge in [-0.25, -0.2) is 0 Å². The normalized spacial score (nSPS) is 13.9. The second-order valence-electron chi connectivity index (χ2n) is 3.11. The molecule has 0 N–H and O–H groups in total. The molecule has 1 unspecified atom stereocenters. The minimum absolute atomic E-state index is 0.242. The lowest BCUT2D eigenvalue weighted by Gasteiger charge is -2.07. The van der Waals surface area contributed by atoms with Crippen molar-refractivity contribution in [3.63, 3.8) is 0 Å². The first kappa shape index (κ1) is 12.2. The SMILES string of the molecule is CCc1cccc(S(=O)CC(F)(F)F)c1. The van der Waals surface area contributed by atoms with Crippen molar-refractivity contribution in [2.45, 2.75) is 24.4 Å². The summed E-state index contributed by atoms with van der Waals surface area (Å²) in [6.45, 7) is 1.89. The first-order valence-corrected chi connectivity index (χ1v) is 5.78. The van der Waals surface area contributed by atoms with Crippen molar-refractivity contribution < 1.29 is 17.4 Å². The van der Waals surface area contributed by atoms with Gasteiger partial charge in [-0.1, -0.05) is 19.1 Å². The molecule has 0 aliphatic carbocycles. The minimum atomic E-state index is -4.38. The molecular formula is C10H11F3OS. The summed E-state index contributed by atoms with van der Waals surface area (Å²) in [5, 5.41) is 0. The molecule has 1 aromatic rings. The molecule has 0 fully saturated rings. The molecule has 0 radical (unpaired) electrons. The average Bonchev–Trinajstić information content (AvgIpc) is 2.15. The van der Waals surface area contributed by atoms with Crippen molar-refractivity contribution in [1.29, 1.82) is 0 Å². The lowest BCUT2D eigenvalue weighted by atomic mass is 10.2. The Kier molecular flexibility index (Phi) is 3.90. The zero-order chi connectivity index (χ0) is 11.5. The zero-order valence-corrected chi connectivity index (χ0v) is 8.99. The fourth-order valence-electron chi connectivity index (χ4n) is 1.14. The van der Waals surface area contributed by atoms with Gasteiger partial charge in [-0.05, 0) is 24.1 Å². The fraction of sp³-hybridized carbons (Fsp3) is 0.400. The van der Waals surface area contributed by atoms with Gasteiger partial charge in [-0.15, -0.1) is 0 Å². The highest BCUT2D eigenvalue weighted by Gasteiger charge is 2.30. The predicted octanol–water partition coefficient (Wildman–Crippen LogP) is 2.92. The van der Waals surface area contributed by atoms with Crippen LogP contribution in [0.3, 0.4) is 0 Å². The summed E-state index contributed by atoms with van der Waals surface area (Å²) in [6.07, 6.45) is -3.66. The van der Waals surface area contributed by atoms with E-state index >= 15 is 0 Å². The van der Waals surface area contributed by atoms with Crippen LogP contribution in [0.4, 0.5) is 13.2 Å². The molecular weight excluding hydrogens is 225 g/mol. The monoisotopic (exact) mass is 236 g/mol. The van der Waals surface area contributed by atoms with Crippen LogP contribution in [0.5, 0.6) is 0 Å². The molecule has 1 nitrogen and oxygen atoms in total. The van der Waals surface area contributed by atoms with Crippen molar-refractivity contribution in [2.24, 2.45) is 0 Å². The number of hydrogen-bond donors (Lipinski definition) is 0. The van der Waals surface area contributed by atoms with Crippen LogP contribution in [0.1, 0.15) is 12.5 Å². The quantitative estimate of drug-likeness (QED) is 0.788. The van der Waals surface area contributed by atoms with E-state index in [4.69, 9.17) is 0 Å². The summed E-state index contributed by atoms with van der Waals surface area (Å²) >= 11 is 0. The number of halogens is 3. The molecule has 0 aromatic heterocycles. The van der Waals surface area contributed by atoms with Gasteiger partial charge in [0.25, 0.3) is 0 Å². The van der Waals surface area contributed by atoms with Crippen LogP contribution in [-0.2, 0) is 17.2 Å². The van der Waals surface area contributed by atoms with Gasteiger partial charge in [-0.3, -0.25) is 4.21 Å². The van der Waals surface area contributed by atoms with Crippen LogP contribution in [0.15, 0.2) is 29.2 Å². The number of alkyl halides is 3. The first-order valence-electron chi connectivity index (χ1n) is 4.46. The van der Waals surface area contributed by atoms with Gasteiger partial charge in [0.15, 0.2) is 0 Å². The fourth-order valence-corrected chi connectivity index (χ4v) is 2.12. The Bertz CT molecular complexity index is 360. The maximum absolute atomic E-state index is 12.0. The Morgan fingerprint density at radius 2 is 2.00 bits per heavy atom. The molecule has 0 bridgehead atoms. The molecule has 1 aromatic carbocycles. The van der Waals surface area contributed by atoms with Gasteiger partial charge in [0.1, 0.15) is 5.75 Å². The summed E-state index contributed by atoms with van der Waals surface area (Å²) in [6, 6.07) is 6.44. The molecule has 15 heavy (non-hydrogen) atoms. The van der Waals surface area contributed by atoms with Gasteiger partial charge in [0, 0.05) is 4.90 Å². The number of benzene rings is 1. The van der Waals surface area contributed by atoms with E-state index in [1.165, 1.54) is 6.07 Å². The van der Waals surface area contributed by atoms with Crippen LogP contribution < -0.4 is 0 Å². The summed E-state index contributed by atoms with van der Waals surface area (Å²) in [4.78, 5) is 0.242. The highest BCUT2D eigenvalue weighted by molar-refractivity contribution is 7.85. The van der Waals surface area contributed by atoms with E-state index in [1.54, 1.807) is 18.2 Å². The third kappa shape index (κ3) is 4.03. The second-order valence-corrected chi connectivity index (χ2v) is 4.56. The van der Waals surface area contributed by atoms with Crippen molar-refractivity contribution >= 4 is 10.8 Å². The Morgan fingerprint density at radius 1 is 1.33 bits per heavy atom. The Hall–Kier alpha value is -0.840. The summed E-state index contributed by atoms with van der Waals surface area (Å²) in [7, 11) is -1.99. The highest BCUT2D eigenvalue weighted by atomic mass is 32.2. The number of hydrogen-bond acceptors (Lipinski definition) is 1. The molecule has 0 amide bonds. The first-order chi connectivity index (χ1) is 6.92. The van der Waals surface area contributed by atoms with E-state index in [0.717, 1.165) is 12.0 Å². The van der Waals surface area contributed by atoms with Crippen molar-refractivity contribution in [1.82, 2.24) is 0 Å². The van der Waals surface area contributed by atoms with Crippen LogP contribution in [-0.4, -0.2) is 16.1 Å². The van der Waals surface area contributed by atoms with Crippen LogP contribution in [0.2, 0.25) is 0 Å².